The molecule has 0 amide bonds. The average Bonchev–Trinajstić information content (AvgIpc) is 2.53. The molecule has 3 aromatic carbocycles. The van der Waals surface area contributed by atoms with E-state index in [9.17, 15) is 0 Å². The third-order valence-electron chi connectivity index (χ3n) is 4.37. The van der Waals surface area contributed by atoms with Gasteiger partial charge in [-0.3, -0.25) is 0 Å². The summed E-state index contributed by atoms with van der Waals surface area (Å²) in [6.07, 6.45) is 1.07. The summed E-state index contributed by atoms with van der Waals surface area (Å²) in [4.78, 5) is 0. The summed E-state index contributed by atoms with van der Waals surface area (Å²) in [6, 6.07) is 17.7. The second-order valence-electron chi connectivity index (χ2n) is 5.80. The smallest absolute Gasteiger partial charge is 0.135 e. The molecule has 3 aromatic rings. The SMILES string of the molecule is CCc1ccc2c(c1)COc1c-2ccc2cc(C)ccc12. The first kappa shape index (κ1) is 12.5. The number of aryl methyl sites for hydroxylation is 2. The van der Waals surface area contributed by atoms with Gasteiger partial charge in [0.05, 0.1) is 0 Å². The van der Waals surface area contributed by atoms with E-state index < -0.39 is 0 Å². The molecule has 0 N–H and O–H groups in total. The Hall–Kier alpha value is -2.28. The van der Waals surface area contributed by atoms with Crippen molar-refractivity contribution >= 4 is 10.8 Å². The van der Waals surface area contributed by atoms with Crippen LogP contribution in [0.2, 0.25) is 0 Å². The molecule has 1 aliphatic rings. The van der Waals surface area contributed by atoms with Gasteiger partial charge in [0.1, 0.15) is 12.4 Å². The van der Waals surface area contributed by atoms with Gasteiger partial charge in [-0.1, -0.05) is 61.0 Å². The van der Waals surface area contributed by atoms with Gasteiger partial charge in [0, 0.05) is 10.9 Å². The van der Waals surface area contributed by atoms with Crippen molar-refractivity contribution in [3.8, 4) is 16.9 Å². The molecule has 0 radical (unpaired) electrons. The van der Waals surface area contributed by atoms with Gasteiger partial charge < -0.3 is 4.74 Å². The van der Waals surface area contributed by atoms with Crippen molar-refractivity contribution in [2.45, 2.75) is 26.9 Å². The van der Waals surface area contributed by atoms with Gasteiger partial charge in [-0.05, 0) is 35.4 Å². The molecular weight excluding hydrogens is 256 g/mol. The molecule has 21 heavy (non-hydrogen) atoms. The predicted molar refractivity (Wildman–Crippen MR) is 87.8 cm³/mol. The minimum atomic E-state index is 0.670. The zero-order valence-electron chi connectivity index (χ0n) is 12.4. The first-order valence-corrected chi connectivity index (χ1v) is 7.54. The topological polar surface area (TPSA) is 9.23 Å². The molecule has 4 rings (SSSR count). The molecule has 0 saturated heterocycles. The number of benzene rings is 3. The van der Waals surface area contributed by atoms with Crippen LogP contribution in [0.1, 0.15) is 23.6 Å². The minimum absolute atomic E-state index is 0.670. The lowest BCUT2D eigenvalue weighted by Crippen LogP contribution is -2.06. The number of rotatable bonds is 1. The summed E-state index contributed by atoms with van der Waals surface area (Å²) in [5.41, 5.74) is 6.49. The van der Waals surface area contributed by atoms with Gasteiger partial charge in [-0.25, -0.2) is 0 Å². The molecule has 0 aromatic heterocycles. The summed E-state index contributed by atoms with van der Waals surface area (Å²) >= 11 is 0. The third-order valence-corrected chi connectivity index (χ3v) is 4.37. The zero-order chi connectivity index (χ0) is 14.4. The van der Waals surface area contributed by atoms with E-state index in [0.717, 1.165) is 12.2 Å². The van der Waals surface area contributed by atoms with Gasteiger partial charge in [-0.15, -0.1) is 0 Å². The predicted octanol–water partition coefficient (Wildman–Crippen LogP) is 5.27. The first-order valence-electron chi connectivity index (χ1n) is 7.54. The Morgan fingerprint density at radius 1 is 0.952 bits per heavy atom. The molecule has 0 saturated carbocycles. The number of hydrogen-bond donors (Lipinski definition) is 0. The highest BCUT2D eigenvalue weighted by atomic mass is 16.5. The van der Waals surface area contributed by atoms with E-state index in [4.69, 9.17) is 4.74 Å². The van der Waals surface area contributed by atoms with Crippen molar-refractivity contribution in [2.24, 2.45) is 0 Å². The second-order valence-corrected chi connectivity index (χ2v) is 5.80. The fourth-order valence-corrected chi connectivity index (χ4v) is 3.19. The van der Waals surface area contributed by atoms with Crippen LogP contribution in [0, 0.1) is 6.92 Å². The van der Waals surface area contributed by atoms with Crippen LogP contribution in [0.4, 0.5) is 0 Å². The molecule has 1 nitrogen and oxygen atoms in total. The normalized spacial score (nSPS) is 12.7. The van der Waals surface area contributed by atoms with Crippen molar-refractivity contribution < 1.29 is 4.74 Å². The monoisotopic (exact) mass is 274 g/mol. The Kier molecular flexibility index (Phi) is 2.75. The van der Waals surface area contributed by atoms with Crippen LogP contribution >= 0.6 is 0 Å². The standard InChI is InChI=1S/C20H18O/c1-3-14-5-8-17-16(11-14)12-21-20-18-7-4-13(2)10-15(18)6-9-19(17)20/h4-11H,3,12H2,1-2H3. The fourth-order valence-electron chi connectivity index (χ4n) is 3.19. The molecule has 0 aliphatic carbocycles. The van der Waals surface area contributed by atoms with Gasteiger partial charge in [0.15, 0.2) is 0 Å². The van der Waals surface area contributed by atoms with Crippen molar-refractivity contribution in [1.29, 1.82) is 0 Å². The molecule has 0 bridgehead atoms. The molecule has 104 valence electrons. The molecule has 0 fully saturated rings. The molecule has 1 heterocycles. The van der Waals surface area contributed by atoms with E-state index in [-0.39, 0.29) is 0 Å². The highest BCUT2D eigenvalue weighted by Gasteiger charge is 2.19. The Morgan fingerprint density at radius 2 is 1.81 bits per heavy atom. The lowest BCUT2D eigenvalue weighted by molar-refractivity contribution is 0.306. The van der Waals surface area contributed by atoms with Crippen LogP contribution in [0.3, 0.4) is 0 Å². The highest BCUT2D eigenvalue weighted by molar-refractivity contribution is 5.96. The second kappa shape index (κ2) is 4.63. The lowest BCUT2D eigenvalue weighted by atomic mass is 9.92. The quantitative estimate of drug-likeness (QED) is 0.587. The van der Waals surface area contributed by atoms with Crippen LogP contribution in [-0.4, -0.2) is 0 Å². The number of ether oxygens (including phenoxy) is 1. The van der Waals surface area contributed by atoms with E-state index in [2.05, 4.69) is 62.4 Å². The molecule has 0 spiro atoms. The Bertz CT molecular complexity index is 846. The first-order chi connectivity index (χ1) is 10.3. The van der Waals surface area contributed by atoms with Crippen LogP contribution in [0.5, 0.6) is 5.75 Å². The van der Waals surface area contributed by atoms with E-state index in [1.54, 1.807) is 0 Å². The van der Waals surface area contributed by atoms with Crippen LogP contribution in [-0.2, 0) is 13.0 Å². The van der Waals surface area contributed by atoms with E-state index in [1.807, 2.05) is 0 Å². The number of hydrogen-bond acceptors (Lipinski definition) is 1. The summed E-state index contributed by atoms with van der Waals surface area (Å²) in [5.74, 6) is 1.03. The summed E-state index contributed by atoms with van der Waals surface area (Å²) in [7, 11) is 0. The van der Waals surface area contributed by atoms with E-state index in [1.165, 1.54) is 38.6 Å². The Labute approximate surface area is 125 Å². The van der Waals surface area contributed by atoms with Gasteiger partial charge in [0.25, 0.3) is 0 Å². The lowest BCUT2D eigenvalue weighted by Gasteiger charge is -2.23. The van der Waals surface area contributed by atoms with Crippen LogP contribution in [0.15, 0.2) is 48.5 Å². The Balaban J connectivity index is 1.97. The van der Waals surface area contributed by atoms with E-state index >= 15 is 0 Å². The summed E-state index contributed by atoms with van der Waals surface area (Å²) < 4.78 is 6.10. The average molecular weight is 274 g/mol. The summed E-state index contributed by atoms with van der Waals surface area (Å²) in [5, 5.41) is 2.46. The third kappa shape index (κ3) is 1.92. The van der Waals surface area contributed by atoms with Crippen molar-refractivity contribution in [2.75, 3.05) is 0 Å². The van der Waals surface area contributed by atoms with Gasteiger partial charge in [0.2, 0.25) is 0 Å². The van der Waals surface area contributed by atoms with Crippen molar-refractivity contribution in [3.63, 3.8) is 0 Å². The van der Waals surface area contributed by atoms with E-state index in [0.29, 0.717) is 6.61 Å². The van der Waals surface area contributed by atoms with Gasteiger partial charge >= 0.3 is 0 Å². The summed E-state index contributed by atoms with van der Waals surface area (Å²) in [6.45, 7) is 4.99. The Morgan fingerprint density at radius 3 is 2.67 bits per heavy atom. The van der Waals surface area contributed by atoms with Crippen LogP contribution < -0.4 is 4.74 Å². The van der Waals surface area contributed by atoms with Gasteiger partial charge in [-0.2, -0.15) is 0 Å². The van der Waals surface area contributed by atoms with Crippen molar-refractivity contribution in [1.82, 2.24) is 0 Å². The zero-order valence-corrected chi connectivity index (χ0v) is 12.4. The highest BCUT2D eigenvalue weighted by Crippen LogP contribution is 2.42. The maximum Gasteiger partial charge on any atom is 0.135 e. The number of fused-ring (bicyclic) bond motifs is 5. The van der Waals surface area contributed by atoms with Crippen molar-refractivity contribution in [3.05, 3.63) is 65.2 Å². The molecule has 1 aliphatic heterocycles. The molecule has 0 unspecified atom stereocenters. The molecule has 0 atom stereocenters. The fraction of sp³-hybridized carbons (Fsp3) is 0.200. The maximum absolute atomic E-state index is 6.10. The maximum atomic E-state index is 6.10. The molecule has 1 heteroatoms. The largest absolute Gasteiger partial charge is 0.488 e. The minimum Gasteiger partial charge on any atom is -0.488 e. The molecular formula is C20H18O. The van der Waals surface area contributed by atoms with Crippen LogP contribution in [0.25, 0.3) is 21.9 Å².